The predicted octanol–water partition coefficient (Wildman–Crippen LogP) is 4.96. The molecule has 0 aliphatic rings. The van der Waals surface area contributed by atoms with Crippen LogP contribution in [0.1, 0.15) is 13.8 Å². The average molecular weight is 265 g/mol. The summed E-state index contributed by atoms with van der Waals surface area (Å²) in [7, 11) is 0. The zero-order valence-corrected chi connectivity index (χ0v) is 10.9. The number of hydrogen-bond acceptors (Lipinski definition) is 0. The van der Waals surface area contributed by atoms with Crippen LogP contribution in [0.5, 0.6) is 0 Å². The Morgan fingerprint density at radius 2 is 0.800 bits per heavy atom. The van der Waals surface area contributed by atoms with Gasteiger partial charge in [-0.1, -0.05) is 74.5 Å². The quantitative estimate of drug-likeness (QED) is 0.683. The number of hydrogen-bond donors (Lipinski definition) is 0. The highest BCUT2D eigenvalue weighted by atomic mass is 79.9. The van der Waals surface area contributed by atoms with Gasteiger partial charge in [-0.15, -0.1) is 17.0 Å². The van der Waals surface area contributed by atoms with Crippen molar-refractivity contribution in [2.45, 2.75) is 13.8 Å². The third-order valence-corrected chi connectivity index (χ3v) is 1.88. The van der Waals surface area contributed by atoms with E-state index in [1.54, 1.807) is 0 Å². The highest BCUT2D eigenvalue weighted by Gasteiger charge is 1.91. The molecule has 0 heterocycles. The number of rotatable bonds is 1. The van der Waals surface area contributed by atoms with Gasteiger partial charge >= 0.3 is 0 Å². The Bertz CT molecular complexity index is 303. The molecule has 2 aromatic carbocycles. The van der Waals surface area contributed by atoms with Crippen LogP contribution in [0.3, 0.4) is 0 Å². The molecule has 0 nitrogen and oxygen atoms in total. The minimum atomic E-state index is 0. The van der Waals surface area contributed by atoms with Crippen molar-refractivity contribution in [2.75, 3.05) is 0 Å². The second kappa shape index (κ2) is 8.25. The van der Waals surface area contributed by atoms with E-state index in [1.807, 2.05) is 26.0 Å². The molecule has 0 fully saturated rings. The van der Waals surface area contributed by atoms with E-state index in [-0.39, 0.29) is 17.0 Å². The van der Waals surface area contributed by atoms with E-state index in [1.165, 1.54) is 11.1 Å². The van der Waals surface area contributed by atoms with Crippen molar-refractivity contribution < 1.29 is 0 Å². The summed E-state index contributed by atoms with van der Waals surface area (Å²) in [5, 5.41) is 0. The molecule has 0 atom stereocenters. The summed E-state index contributed by atoms with van der Waals surface area (Å²) >= 11 is 0. The van der Waals surface area contributed by atoms with Gasteiger partial charge in [0.25, 0.3) is 0 Å². The maximum absolute atomic E-state index is 2.12. The minimum Gasteiger partial charge on any atom is -0.114 e. The lowest BCUT2D eigenvalue weighted by atomic mass is 10.1. The standard InChI is InChI=1S/C12H10.C2H6.BrH/c1-3-7-11(8-4-1)12-9-5-2-6-10-12;1-2;/h1-10H;1-2H3;1H. The number of benzene rings is 2. The first-order valence-corrected chi connectivity index (χ1v) is 5.07. The van der Waals surface area contributed by atoms with Gasteiger partial charge in [-0.3, -0.25) is 0 Å². The molecular weight excluding hydrogens is 248 g/mol. The van der Waals surface area contributed by atoms with Crippen LogP contribution in [0.25, 0.3) is 11.1 Å². The summed E-state index contributed by atoms with van der Waals surface area (Å²) in [4.78, 5) is 0. The lowest BCUT2D eigenvalue weighted by Gasteiger charge is -1.98. The highest BCUT2D eigenvalue weighted by Crippen LogP contribution is 2.17. The lowest BCUT2D eigenvalue weighted by molar-refractivity contribution is 1.50. The van der Waals surface area contributed by atoms with Crippen molar-refractivity contribution in [3.8, 4) is 11.1 Å². The second-order valence-corrected chi connectivity index (χ2v) is 2.73. The Labute approximate surface area is 103 Å². The molecule has 1 heteroatoms. The third-order valence-electron chi connectivity index (χ3n) is 1.88. The summed E-state index contributed by atoms with van der Waals surface area (Å²) in [5.41, 5.74) is 2.55. The van der Waals surface area contributed by atoms with Crippen molar-refractivity contribution in [3.63, 3.8) is 0 Å². The molecular formula is C14H17Br. The summed E-state index contributed by atoms with van der Waals surface area (Å²) in [6, 6.07) is 20.8. The van der Waals surface area contributed by atoms with Gasteiger partial charge in [0.1, 0.15) is 0 Å². The van der Waals surface area contributed by atoms with Crippen molar-refractivity contribution in [1.82, 2.24) is 0 Å². The predicted molar refractivity (Wildman–Crippen MR) is 73.5 cm³/mol. The molecule has 0 aliphatic carbocycles. The molecule has 2 rings (SSSR count). The first-order valence-electron chi connectivity index (χ1n) is 5.07. The van der Waals surface area contributed by atoms with Gasteiger partial charge in [0.2, 0.25) is 0 Å². The van der Waals surface area contributed by atoms with Crippen LogP contribution in [-0.4, -0.2) is 0 Å². The fraction of sp³-hybridized carbons (Fsp3) is 0.143. The van der Waals surface area contributed by atoms with E-state index in [9.17, 15) is 0 Å². The molecule has 0 bridgehead atoms. The maximum Gasteiger partial charge on any atom is -0.0184 e. The summed E-state index contributed by atoms with van der Waals surface area (Å²) in [6.07, 6.45) is 0. The topological polar surface area (TPSA) is 0 Å². The van der Waals surface area contributed by atoms with Crippen LogP contribution in [0.2, 0.25) is 0 Å². The molecule has 0 aliphatic heterocycles. The van der Waals surface area contributed by atoms with E-state index >= 15 is 0 Å². The van der Waals surface area contributed by atoms with E-state index in [0.29, 0.717) is 0 Å². The molecule has 0 radical (unpaired) electrons. The monoisotopic (exact) mass is 264 g/mol. The molecule has 0 spiro atoms. The van der Waals surface area contributed by atoms with Crippen LogP contribution < -0.4 is 0 Å². The normalized spacial score (nSPS) is 8.13. The third kappa shape index (κ3) is 4.30. The minimum absolute atomic E-state index is 0. The van der Waals surface area contributed by atoms with Crippen molar-refractivity contribution in [3.05, 3.63) is 60.7 Å². The molecule has 0 saturated carbocycles. The highest BCUT2D eigenvalue weighted by molar-refractivity contribution is 8.93. The van der Waals surface area contributed by atoms with Gasteiger partial charge in [0.15, 0.2) is 0 Å². The molecule has 80 valence electrons. The first-order chi connectivity index (χ1) is 6.97. The summed E-state index contributed by atoms with van der Waals surface area (Å²) in [6.45, 7) is 4.00. The van der Waals surface area contributed by atoms with Gasteiger partial charge in [0.05, 0.1) is 0 Å². The zero-order valence-electron chi connectivity index (χ0n) is 9.18. The fourth-order valence-corrected chi connectivity index (χ4v) is 1.26. The summed E-state index contributed by atoms with van der Waals surface area (Å²) in [5.74, 6) is 0. The van der Waals surface area contributed by atoms with Gasteiger partial charge < -0.3 is 0 Å². The van der Waals surface area contributed by atoms with Crippen LogP contribution in [0, 0.1) is 0 Å². The smallest absolute Gasteiger partial charge is 0.0184 e. The Hall–Kier alpha value is -1.08. The Morgan fingerprint density at radius 3 is 1.07 bits per heavy atom. The summed E-state index contributed by atoms with van der Waals surface area (Å²) < 4.78 is 0. The number of halogens is 1. The fourth-order valence-electron chi connectivity index (χ4n) is 1.26. The van der Waals surface area contributed by atoms with Gasteiger partial charge in [-0.25, -0.2) is 0 Å². The van der Waals surface area contributed by atoms with Gasteiger partial charge in [0, 0.05) is 0 Å². The van der Waals surface area contributed by atoms with E-state index in [2.05, 4.69) is 48.5 Å². The molecule has 0 amide bonds. The van der Waals surface area contributed by atoms with Crippen LogP contribution in [0.4, 0.5) is 0 Å². The van der Waals surface area contributed by atoms with Crippen LogP contribution >= 0.6 is 17.0 Å². The maximum atomic E-state index is 2.12. The van der Waals surface area contributed by atoms with E-state index < -0.39 is 0 Å². The van der Waals surface area contributed by atoms with Crippen LogP contribution in [-0.2, 0) is 0 Å². The van der Waals surface area contributed by atoms with Crippen molar-refractivity contribution >= 4 is 17.0 Å². The lowest BCUT2D eigenvalue weighted by Crippen LogP contribution is -1.73. The average Bonchev–Trinajstić information content (AvgIpc) is 2.34. The van der Waals surface area contributed by atoms with Crippen molar-refractivity contribution in [1.29, 1.82) is 0 Å². The van der Waals surface area contributed by atoms with Crippen molar-refractivity contribution in [2.24, 2.45) is 0 Å². The molecule has 0 N–H and O–H groups in total. The Kier molecular flexibility index (Phi) is 7.65. The second-order valence-electron chi connectivity index (χ2n) is 2.73. The van der Waals surface area contributed by atoms with Gasteiger partial charge in [-0.05, 0) is 11.1 Å². The largest absolute Gasteiger partial charge is 0.114 e. The van der Waals surface area contributed by atoms with Gasteiger partial charge in [-0.2, -0.15) is 0 Å². The molecule has 0 aromatic heterocycles. The van der Waals surface area contributed by atoms with Crippen LogP contribution in [0.15, 0.2) is 60.7 Å². The Morgan fingerprint density at radius 1 is 0.533 bits per heavy atom. The zero-order chi connectivity index (χ0) is 10.2. The molecule has 15 heavy (non-hydrogen) atoms. The molecule has 0 saturated heterocycles. The van der Waals surface area contributed by atoms with E-state index in [0.717, 1.165) is 0 Å². The molecule has 2 aromatic rings. The Balaban J connectivity index is 0.000000617. The first kappa shape index (κ1) is 13.9. The molecule has 0 unspecified atom stereocenters. The van der Waals surface area contributed by atoms with E-state index in [4.69, 9.17) is 0 Å². The SMILES string of the molecule is Br.CC.c1ccc(-c2ccccc2)cc1.